The smallest absolute Gasteiger partial charge is 0.310 e. The Labute approximate surface area is 138 Å². The van der Waals surface area contributed by atoms with Crippen molar-refractivity contribution >= 4 is 22.1 Å². The van der Waals surface area contributed by atoms with Crippen molar-refractivity contribution in [2.24, 2.45) is 5.92 Å². The van der Waals surface area contributed by atoms with Crippen LogP contribution in [0, 0.1) is 5.92 Å². The maximum Gasteiger partial charge on any atom is 0.310 e. The second-order valence-corrected chi connectivity index (χ2v) is 7.27. The third kappa shape index (κ3) is 5.43. The Morgan fingerprint density at radius 2 is 2.00 bits per heavy atom. The fraction of sp³-hybridized carbons (Fsp3) is 0.857. The van der Waals surface area contributed by atoms with Crippen molar-refractivity contribution in [3.8, 4) is 0 Å². The number of carbonyl (C=O) groups is 2. The minimum Gasteiger partial charge on any atom is -0.466 e. The van der Waals surface area contributed by atoms with Gasteiger partial charge in [0, 0.05) is 26.2 Å². The minimum atomic E-state index is -3.77. The van der Waals surface area contributed by atoms with Gasteiger partial charge in [0.25, 0.3) is 10.2 Å². The van der Waals surface area contributed by atoms with E-state index in [2.05, 4.69) is 5.32 Å². The Morgan fingerprint density at radius 3 is 2.57 bits per heavy atom. The zero-order chi connectivity index (χ0) is 17.5. The number of amides is 1. The molecule has 1 fully saturated rings. The van der Waals surface area contributed by atoms with Crippen LogP contribution >= 0.6 is 0 Å². The Balaban J connectivity index is 2.80. The lowest BCUT2D eigenvalue weighted by Crippen LogP contribution is -2.51. The summed E-state index contributed by atoms with van der Waals surface area (Å²) in [5.74, 6) is -1.14. The van der Waals surface area contributed by atoms with E-state index in [-0.39, 0.29) is 38.1 Å². The summed E-state index contributed by atoms with van der Waals surface area (Å²) in [4.78, 5) is 23.5. The number of rotatable bonds is 8. The van der Waals surface area contributed by atoms with Crippen molar-refractivity contribution in [3.05, 3.63) is 0 Å². The number of hydrogen-bond acceptors (Lipinski definition) is 5. The molecule has 8 nitrogen and oxygen atoms in total. The third-order valence-corrected chi connectivity index (χ3v) is 5.73. The number of esters is 1. The van der Waals surface area contributed by atoms with Gasteiger partial charge < -0.3 is 10.1 Å². The maximum absolute atomic E-state index is 12.7. The summed E-state index contributed by atoms with van der Waals surface area (Å²) in [6, 6.07) is 0. The van der Waals surface area contributed by atoms with Gasteiger partial charge in [-0.1, -0.05) is 6.92 Å². The Bertz CT molecular complexity index is 509. The Kier molecular flexibility index (Phi) is 7.93. The molecule has 1 aliphatic rings. The van der Waals surface area contributed by atoms with Crippen LogP contribution in [0.3, 0.4) is 0 Å². The van der Waals surface area contributed by atoms with Gasteiger partial charge in [-0.2, -0.15) is 17.0 Å². The molecule has 9 heteroatoms. The van der Waals surface area contributed by atoms with Crippen molar-refractivity contribution in [3.63, 3.8) is 0 Å². The standard InChI is InChI=1S/C14H27N3O5S/c1-4-15-13(18)11-16(5-2)23(20,21)17-9-7-8-12(10-17)14(19)22-6-3/h12H,4-11H2,1-3H3,(H,15,18)/t12-/m0/s1. The van der Waals surface area contributed by atoms with E-state index in [1.165, 1.54) is 4.31 Å². The van der Waals surface area contributed by atoms with E-state index in [0.717, 1.165) is 4.31 Å². The summed E-state index contributed by atoms with van der Waals surface area (Å²) in [7, 11) is -3.77. The molecule has 1 saturated heterocycles. The molecule has 0 radical (unpaired) electrons. The van der Waals surface area contributed by atoms with E-state index >= 15 is 0 Å². The number of ether oxygens (including phenoxy) is 1. The van der Waals surface area contributed by atoms with Crippen LogP contribution in [0.4, 0.5) is 0 Å². The fourth-order valence-corrected chi connectivity index (χ4v) is 4.20. The highest BCUT2D eigenvalue weighted by Gasteiger charge is 2.36. The number of likely N-dealkylation sites (N-methyl/N-ethyl adjacent to an activating group) is 2. The average molecular weight is 349 g/mol. The van der Waals surface area contributed by atoms with Gasteiger partial charge in [0.2, 0.25) is 5.91 Å². The molecule has 23 heavy (non-hydrogen) atoms. The predicted octanol–water partition coefficient (Wildman–Crippen LogP) is -0.0357. The van der Waals surface area contributed by atoms with Crippen molar-refractivity contribution in [1.82, 2.24) is 13.9 Å². The molecule has 0 unspecified atom stereocenters. The van der Waals surface area contributed by atoms with Crippen LogP contribution in [0.25, 0.3) is 0 Å². The highest BCUT2D eigenvalue weighted by atomic mass is 32.2. The molecular formula is C14H27N3O5S. The largest absolute Gasteiger partial charge is 0.466 e. The second-order valence-electron chi connectivity index (χ2n) is 5.34. The van der Waals surface area contributed by atoms with Gasteiger partial charge in [-0.25, -0.2) is 0 Å². The lowest BCUT2D eigenvalue weighted by atomic mass is 10.0. The van der Waals surface area contributed by atoms with E-state index in [0.29, 0.717) is 25.9 Å². The quantitative estimate of drug-likeness (QED) is 0.621. The molecule has 1 amide bonds. The minimum absolute atomic E-state index is 0.104. The first-order chi connectivity index (χ1) is 10.9. The van der Waals surface area contributed by atoms with Crippen LogP contribution in [0.2, 0.25) is 0 Å². The van der Waals surface area contributed by atoms with Gasteiger partial charge in [-0.3, -0.25) is 9.59 Å². The molecule has 0 aliphatic carbocycles. The fourth-order valence-electron chi connectivity index (χ4n) is 2.54. The molecule has 0 aromatic rings. The van der Waals surface area contributed by atoms with Crippen LogP contribution in [0.5, 0.6) is 0 Å². The van der Waals surface area contributed by atoms with Crippen molar-refractivity contribution in [1.29, 1.82) is 0 Å². The molecule has 1 rings (SSSR count). The predicted molar refractivity (Wildman–Crippen MR) is 85.8 cm³/mol. The first-order valence-electron chi connectivity index (χ1n) is 8.05. The zero-order valence-electron chi connectivity index (χ0n) is 14.1. The van der Waals surface area contributed by atoms with Crippen molar-refractivity contribution in [2.75, 3.05) is 39.3 Å². The second kappa shape index (κ2) is 9.19. The van der Waals surface area contributed by atoms with E-state index in [9.17, 15) is 18.0 Å². The summed E-state index contributed by atoms with van der Waals surface area (Å²) < 4.78 is 32.8. The molecule has 0 bridgehead atoms. The molecule has 1 heterocycles. The van der Waals surface area contributed by atoms with Gasteiger partial charge in [0.15, 0.2) is 0 Å². The summed E-state index contributed by atoms with van der Waals surface area (Å²) in [5.41, 5.74) is 0. The van der Waals surface area contributed by atoms with Crippen LogP contribution < -0.4 is 5.32 Å². The first kappa shape index (κ1) is 19.9. The maximum atomic E-state index is 12.7. The average Bonchev–Trinajstić information content (AvgIpc) is 2.53. The molecule has 1 atom stereocenters. The van der Waals surface area contributed by atoms with Crippen LogP contribution in [0.1, 0.15) is 33.6 Å². The lowest BCUT2D eigenvalue weighted by molar-refractivity contribution is -0.149. The van der Waals surface area contributed by atoms with Gasteiger partial charge in [-0.15, -0.1) is 0 Å². The molecule has 0 aromatic carbocycles. The first-order valence-corrected chi connectivity index (χ1v) is 9.45. The summed E-state index contributed by atoms with van der Waals surface area (Å²) in [5, 5.41) is 2.59. The number of nitrogens with one attached hydrogen (secondary N) is 1. The summed E-state index contributed by atoms with van der Waals surface area (Å²) in [6.45, 7) is 6.34. The van der Waals surface area contributed by atoms with Gasteiger partial charge in [0.05, 0.1) is 19.1 Å². The Morgan fingerprint density at radius 1 is 1.30 bits per heavy atom. The zero-order valence-corrected chi connectivity index (χ0v) is 14.9. The van der Waals surface area contributed by atoms with Gasteiger partial charge in [0.1, 0.15) is 0 Å². The molecule has 1 N–H and O–H groups in total. The molecule has 0 spiro atoms. The van der Waals surface area contributed by atoms with Crippen molar-refractivity contribution in [2.45, 2.75) is 33.6 Å². The van der Waals surface area contributed by atoms with Crippen LogP contribution in [-0.2, 0) is 24.5 Å². The monoisotopic (exact) mass is 349 g/mol. The molecule has 0 aromatic heterocycles. The highest BCUT2D eigenvalue weighted by Crippen LogP contribution is 2.22. The Hall–Kier alpha value is -1.19. The molecular weight excluding hydrogens is 322 g/mol. The van der Waals surface area contributed by atoms with E-state index in [1.54, 1.807) is 20.8 Å². The highest BCUT2D eigenvalue weighted by molar-refractivity contribution is 7.86. The lowest BCUT2D eigenvalue weighted by Gasteiger charge is -2.34. The molecule has 1 aliphatic heterocycles. The van der Waals surface area contributed by atoms with Crippen LogP contribution in [-0.4, -0.2) is 68.2 Å². The topological polar surface area (TPSA) is 96.0 Å². The normalized spacial score (nSPS) is 19.6. The van der Waals surface area contributed by atoms with Gasteiger partial charge >= 0.3 is 5.97 Å². The van der Waals surface area contributed by atoms with Crippen LogP contribution in [0.15, 0.2) is 0 Å². The molecule has 0 saturated carbocycles. The van der Waals surface area contributed by atoms with E-state index in [4.69, 9.17) is 4.74 Å². The number of hydrogen-bond donors (Lipinski definition) is 1. The number of carbonyl (C=O) groups excluding carboxylic acids is 2. The van der Waals surface area contributed by atoms with Gasteiger partial charge in [-0.05, 0) is 26.7 Å². The van der Waals surface area contributed by atoms with Crippen molar-refractivity contribution < 1.29 is 22.7 Å². The number of nitrogens with zero attached hydrogens (tertiary/aromatic N) is 2. The number of piperidine rings is 1. The third-order valence-electron chi connectivity index (χ3n) is 3.70. The van der Waals surface area contributed by atoms with E-state index < -0.39 is 16.1 Å². The molecule has 134 valence electrons. The summed E-state index contributed by atoms with van der Waals surface area (Å²) in [6.07, 6.45) is 1.22. The SMILES string of the molecule is CCNC(=O)CN(CC)S(=O)(=O)N1CCC[C@H](C(=O)OCC)C1. The van der Waals surface area contributed by atoms with E-state index in [1.807, 2.05) is 0 Å². The summed E-state index contributed by atoms with van der Waals surface area (Å²) >= 11 is 0.